The lowest BCUT2D eigenvalue weighted by Crippen LogP contribution is -2.43. The summed E-state index contributed by atoms with van der Waals surface area (Å²) in [5.41, 5.74) is 9.52. The Kier molecular flexibility index (Phi) is 6.70. The number of carbonyl (C=O) groups excluding carboxylic acids is 1. The van der Waals surface area contributed by atoms with Crippen molar-refractivity contribution in [3.8, 4) is 11.5 Å². The van der Waals surface area contributed by atoms with Crippen molar-refractivity contribution in [2.45, 2.75) is 37.8 Å². The Hall–Kier alpha value is -2.24. The molecule has 5 nitrogen and oxygen atoms in total. The van der Waals surface area contributed by atoms with Crippen LogP contribution in [-0.4, -0.2) is 37.6 Å². The van der Waals surface area contributed by atoms with Crippen molar-refractivity contribution >= 4 is 18.3 Å². The van der Waals surface area contributed by atoms with Gasteiger partial charge in [-0.05, 0) is 54.5 Å². The summed E-state index contributed by atoms with van der Waals surface area (Å²) >= 11 is 0. The summed E-state index contributed by atoms with van der Waals surface area (Å²) in [6, 6.07) is 14.4. The van der Waals surface area contributed by atoms with Gasteiger partial charge in [0.1, 0.15) is 0 Å². The third-order valence-electron chi connectivity index (χ3n) is 6.09. The maximum Gasteiger partial charge on any atom is 0.226 e. The Morgan fingerprint density at radius 3 is 2.38 bits per heavy atom. The molecular weight excluding hydrogens is 388 g/mol. The van der Waals surface area contributed by atoms with Gasteiger partial charge in [0.05, 0.1) is 20.3 Å². The quantitative estimate of drug-likeness (QED) is 0.824. The molecule has 2 aliphatic rings. The van der Waals surface area contributed by atoms with Crippen LogP contribution in [0.15, 0.2) is 42.5 Å². The number of benzene rings is 2. The number of nitrogens with zero attached hydrogens (tertiary/aromatic N) is 1. The minimum absolute atomic E-state index is 0. The number of fused-ring (bicyclic) bond motifs is 1. The second kappa shape index (κ2) is 9.06. The molecule has 2 aromatic rings. The van der Waals surface area contributed by atoms with Crippen LogP contribution in [0.5, 0.6) is 11.5 Å². The number of hydrogen-bond donors (Lipinski definition) is 1. The van der Waals surface area contributed by atoms with Gasteiger partial charge in [-0.3, -0.25) is 4.79 Å². The Labute approximate surface area is 178 Å². The molecule has 156 valence electrons. The summed E-state index contributed by atoms with van der Waals surface area (Å²) in [6.45, 7) is 0.701. The van der Waals surface area contributed by atoms with E-state index in [1.807, 2.05) is 29.2 Å². The van der Waals surface area contributed by atoms with Gasteiger partial charge in [0.15, 0.2) is 11.5 Å². The summed E-state index contributed by atoms with van der Waals surface area (Å²) in [6.07, 6.45) is 3.41. The van der Waals surface area contributed by atoms with Crippen molar-refractivity contribution in [3.05, 3.63) is 59.2 Å². The van der Waals surface area contributed by atoms with E-state index in [9.17, 15) is 4.79 Å². The lowest BCUT2D eigenvalue weighted by atomic mass is 9.86. The molecule has 0 bridgehead atoms. The van der Waals surface area contributed by atoms with E-state index >= 15 is 0 Å². The molecule has 4 rings (SSSR count). The Balaban J connectivity index is 0.00000240. The van der Waals surface area contributed by atoms with Crippen LogP contribution in [0.1, 0.15) is 42.0 Å². The molecule has 2 aromatic carbocycles. The minimum Gasteiger partial charge on any atom is -0.493 e. The second-order valence-electron chi connectivity index (χ2n) is 7.77. The molecule has 6 heteroatoms. The summed E-state index contributed by atoms with van der Waals surface area (Å²) < 4.78 is 11.0. The summed E-state index contributed by atoms with van der Waals surface area (Å²) in [5, 5.41) is 0. The molecule has 1 amide bonds. The predicted molar refractivity (Wildman–Crippen MR) is 116 cm³/mol. The molecule has 0 saturated heterocycles. The highest BCUT2D eigenvalue weighted by Gasteiger charge is 2.38. The molecule has 1 heterocycles. The topological polar surface area (TPSA) is 64.8 Å². The monoisotopic (exact) mass is 416 g/mol. The average molecular weight is 417 g/mol. The van der Waals surface area contributed by atoms with Gasteiger partial charge in [0.25, 0.3) is 0 Å². The van der Waals surface area contributed by atoms with Crippen molar-refractivity contribution in [2.75, 3.05) is 20.8 Å². The van der Waals surface area contributed by atoms with Crippen LogP contribution in [0.4, 0.5) is 0 Å². The molecule has 0 radical (unpaired) electrons. The molecular formula is C23H29ClN2O3. The van der Waals surface area contributed by atoms with Crippen LogP contribution < -0.4 is 15.2 Å². The molecule has 1 saturated carbocycles. The van der Waals surface area contributed by atoms with Gasteiger partial charge in [0.2, 0.25) is 5.91 Å². The maximum atomic E-state index is 13.4. The fourth-order valence-electron chi connectivity index (χ4n) is 4.65. The van der Waals surface area contributed by atoms with Gasteiger partial charge in [-0.15, -0.1) is 12.4 Å². The van der Waals surface area contributed by atoms with Gasteiger partial charge in [-0.25, -0.2) is 0 Å². The highest BCUT2D eigenvalue weighted by atomic mass is 35.5. The lowest BCUT2D eigenvalue weighted by molar-refractivity contribution is -0.137. The van der Waals surface area contributed by atoms with Crippen molar-refractivity contribution in [1.82, 2.24) is 4.90 Å². The molecule has 1 aliphatic heterocycles. The zero-order valence-corrected chi connectivity index (χ0v) is 17.8. The number of halogens is 1. The first-order valence-electron chi connectivity index (χ1n) is 9.98. The highest BCUT2D eigenvalue weighted by molar-refractivity contribution is 5.85. The minimum atomic E-state index is -0.117. The summed E-state index contributed by atoms with van der Waals surface area (Å²) in [4.78, 5) is 15.5. The van der Waals surface area contributed by atoms with Crippen LogP contribution >= 0.6 is 12.4 Å². The van der Waals surface area contributed by atoms with Crippen LogP contribution in [0.2, 0.25) is 0 Å². The van der Waals surface area contributed by atoms with Crippen LogP contribution in [0, 0.1) is 5.92 Å². The number of rotatable bonds is 4. The van der Waals surface area contributed by atoms with Crippen molar-refractivity contribution in [3.63, 3.8) is 0 Å². The van der Waals surface area contributed by atoms with Crippen molar-refractivity contribution in [2.24, 2.45) is 11.7 Å². The largest absolute Gasteiger partial charge is 0.493 e. The maximum absolute atomic E-state index is 13.4. The fourth-order valence-corrected chi connectivity index (χ4v) is 4.65. The van der Waals surface area contributed by atoms with Crippen molar-refractivity contribution in [1.29, 1.82) is 0 Å². The Bertz CT molecular complexity index is 859. The Morgan fingerprint density at radius 2 is 1.76 bits per heavy atom. The van der Waals surface area contributed by atoms with E-state index < -0.39 is 0 Å². The second-order valence-corrected chi connectivity index (χ2v) is 7.77. The van der Waals surface area contributed by atoms with Gasteiger partial charge in [-0.1, -0.05) is 30.3 Å². The van der Waals surface area contributed by atoms with Crippen LogP contribution in [-0.2, 0) is 11.2 Å². The molecule has 3 unspecified atom stereocenters. The Morgan fingerprint density at radius 1 is 1.07 bits per heavy atom. The first-order chi connectivity index (χ1) is 13.6. The van der Waals surface area contributed by atoms with Gasteiger partial charge < -0.3 is 20.1 Å². The van der Waals surface area contributed by atoms with Gasteiger partial charge >= 0.3 is 0 Å². The molecule has 1 aliphatic carbocycles. The van der Waals surface area contributed by atoms with E-state index in [1.165, 1.54) is 5.56 Å². The molecule has 29 heavy (non-hydrogen) atoms. The summed E-state index contributed by atoms with van der Waals surface area (Å²) in [5.74, 6) is 1.68. The van der Waals surface area contributed by atoms with Gasteiger partial charge in [-0.2, -0.15) is 0 Å². The third-order valence-corrected chi connectivity index (χ3v) is 6.09. The molecule has 0 aromatic heterocycles. The number of methoxy groups -OCH3 is 2. The highest BCUT2D eigenvalue weighted by Crippen LogP contribution is 2.42. The smallest absolute Gasteiger partial charge is 0.226 e. The predicted octanol–water partition coefficient (Wildman–Crippen LogP) is 3.73. The van der Waals surface area contributed by atoms with E-state index in [1.54, 1.807) is 14.2 Å². The average Bonchev–Trinajstić information content (AvgIpc) is 3.18. The van der Waals surface area contributed by atoms with E-state index in [0.29, 0.717) is 12.3 Å². The van der Waals surface area contributed by atoms with Crippen LogP contribution in [0.25, 0.3) is 0 Å². The summed E-state index contributed by atoms with van der Waals surface area (Å²) in [7, 11) is 3.30. The number of hydrogen-bond acceptors (Lipinski definition) is 4. The van der Waals surface area contributed by atoms with E-state index in [2.05, 4.69) is 18.2 Å². The number of amides is 1. The first-order valence-corrected chi connectivity index (χ1v) is 9.98. The van der Waals surface area contributed by atoms with E-state index in [0.717, 1.165) is 42.6 Å². The zero-order chi connectivity index (χ0) is 19.7. The van der Waals surface area contributed by atoms with Gasteiger partial charge in [0, 0.05) is 18.5 Å². The standard InChI is InChI=1S/C23H28N2O3.ClH/c1-27-20-13-16-10-11-25(23(26)17-8-9-18(24)12-17)22(15-6-4-3-5-7-15)19(16)14-21(20)28-2;/h3-7,13-14,17-18,22H,8-12,24H2,1-2H3;1H. The first kappa shape index (κ1) is 21.5. The lowest BCUT2D eigenvalue weighted by Gasteiger charge is -2.39. The molecule has 1 fully saturated rings. The molecule has 0 spiro atoms. The van der Waals surface area contributed by atoms with E-state index in [-0.39, 0.29) is 36.3 Å². The van der Waals surface area contributed by atoms with E-state index in [4.69, 9.17) is 15.2 Å². The zero-order valence-electron chi connectivity index (χ0n) is 17.0. The van der Waals surface area contributed by atoms with Crippen molar-refractivity contribution < 1.29 is 14.3 Å². The third kappa shape index (κ3) is 4.07. The number of carbonyl (C=O) groups is 1. The normalized spacial score (nSPS) is 23.1. The number of nitrogens with two attached hydrogens (primary N) is 1. The molecule has 2 N–H and O–H groups in total. The number of ether oxygens (including phenoxy) is 2. The SMILES string of the molecule is COc1cc2c(cc1OC)C(c1ccccc1)N(C(=O)C1CCC(N)C1)CC2.Cl. The van der Waals surface area contributed by atoms with Crippen LogP contribution in [0.3, 0.4) is 0 Å². The molecule has 3 atom stereocenters. The fraction of sp³-hybridized carbons (Fsp3) is 0.435.